The number of methoxy groups -OCH3 is 1. The third-order valence-electron chi connectivity index (χ3n) is 3.28. The van der Waals surface area contributed by atoms with Crippen LogP contribution in [0.3, 0.4) is 0 Å². The minimum Gasteiger partial charge on any atom is -0.481 e. The summed E-state index contributed by atoms with van der Waals surface area (Å²) in [6.45, 7) is 3.62. The molecule has 1 aliphatic heterocycles. The van der Waals surface area contributed by atoms with Crippen molar-refractivity contribution in [2.45, 2.75) is 19.1 Å². The van der Waals surface area contributed by atoms with Crippen LogP contribution in [0.2, 0.25) is 0 Å². The maximum atomic E-state index is 6.02. The smallest absolute Gasteiger partial charge is 0.228 e. The van der Waals surface area contributed by atoms with Gasteiger partial charge in [-0.05, 0) is 29.3 Å². The van der Waals surface area contributed by atoms with Crippen molar-refractivity contribution in [1.29, 1.82) is 0 Å². The standard InChI is InChI=1S/C14H17N3O2S/c1-10-7-17(14-15-5-3-13(16-14)18-2)8-12(19-10)11-4-6-20-9-11/h3-6,9-10,12H,7-8H2,1-2H3/t10-,12+/m0/s1. The van der Waals surface area contributed by atoms with Gasteiger partial charge in [0.2, 0.25) is 11.8 Å². The van der Waals surface area contributed by atoms with Crippen molar-refractivity contribution < 1.29 is 9.47 Å². The van der Waals surface area contributed by atoms with E-state index < -0.39 is 0 Å². The molecule has 0 aliphatic carbocycles. The van der Waals surface area contributed by atoms with Crippen LogP contribution < -0.4 is 9.64 Å². The van der Waals surface area contributed by atoms with Crippen molar-refractivity contribution in [2.24, 2.45) is 0 Å². The van der Waals surface area contributed by atoms with Gasteiger partial charge in [-0.2, -0.15) is 16.3 Å². The molecule has 2 aromatic rings. The molecule has 106 valence electrons. The highest BCUT2D eigenvalue weighted by molar-refractivity contribution is 7.07. The average Bonchev–Trinajstić information content (AvgIpc) is 3.01. The molecule has 0 saturated carbocycles. The Balaban J connectivity index is 1.82. The lowest BCUT2D eigenvalue weighted by molar-refractivity contribution is -0.0176. The van der Waals surface area contributed by atoms with Crippen LogP contribution in [-0.2, 0) is 4.74 Å². The third-order valence-corrected chi connectivity index (χ3v) is 3.99. The predicted octanol–water partition coefficient (Wildman–Crippen LogP) is 2.51. The Labute approximate surface area is 122 Å². The summed E-state index contributed by atoms with van der Waals surface area (Å²) in [5.74, 6) is 1.28. The van der Waals surface area contributed by atoms with E-state index in [2.05, 4.69) is 38.6 Å². The molecule has 2 atom stereocenters. The van der Waals surface area contributed by atoms with Crippen molar-refractivity contribution in [3.63, 3.8) is 0 Å². The molecule has 0 bridgehead atoms. The SMILES string of the molecule is COc1ccnc(N2C[C@H](C)O[C@@H](c3ccsc3)C2)n1. The van der Waals surface area contributed by atoms with E-state index >= 15 is 0 Å². The molecule has 20 heavy (non-hydrogen) atoms. The van der Waals surface area contributed by atoms with Gasteiger partial charge in [0.1, 0.15) is 6.10 Å². The largest absolute Gasteiger partial charge is 0.481 e. The van der Waals surface area contributed by atoms with E-state index in [1.165, 1.54) is 5.56 Å². The summed E-state index contributed by atoms with van der Waals surface area (Å²) in [7, 11) is 1.61. The summed E-state index contributed by atoms with van der Waals surface area (Å²) >= 11 is 1.69. The number of hydrogen-bond acceptors (Lipinski definition) is 6. The van der Waals surface area contributed by atoms with Gasteiger partial charge in [0.05, 0.1) is 19.8 Å². The lowest BCUT2D eigenvalue weighted by Crippen LogP contribution is -2.43. The van der Waals surface area contributed by atoms with E-state index in [9.17, 15) is 0 Å². The fourth-order valence-corrected chi connectivity index (χ4v) is 3.06. The Hall–Kier alpha value is -1.66. The molecule has 2 aromatic heterocycles. The maximum absolute atomic E-state index is 6.02. The van der Waals surface area contributed by atoms with Crippen molar-refractivity contribution in [3.8, 4) is 5.88 Å². The van der Waals surface area contributed by atoms with Gasteiger partial charge in [-0.3, -0.25) is 0 Å². The zero-order valence-electron chi connectivity index (χ0n) is 11.5. The fraction of sp³-hybridized carbons (Fsp3) is 0.429. The van der Waals surface area contributed by atoms with Crippen molar-refractivity contribution >= 4 is 17.3 Å². The topological polar surface area (TPSA) is 47.5 Å². The Morgan fingerprint density at radius 3 is 3.05 bits per heavy atom. The number of anilines is 1. The van der Waals surface area contributed by atoms with Crippen LogP contribution in [0.25, 0.3) is 0 Å². The molecular weight excluding hydrogens is 274 g/mol. The van der Waals surface area contributed by atoms with Gasteiger partial charge in [0.25, 0.3) is 0 Å². The number of aromatic nitrogens is 2. The molecule has 5 nitrogen and oxygen atoms in total. The molecule has 3 heterocycles. The second-order valence-electron chi connectivity index (χ2n) is 4.80. The molecule has 0 N–H and O–H groups in total. The monoisotopic (exact) mass is 291 g/mol. The Bertz CT molecular complexity index is 561. The highest BCUT2D eigenvalue weighted by Crippen LogP contribution is 2.28. The zero-order valence-corrected chi connectivity index (χ0v) is 12.3. The van der Waals surface area contributed by atoms with Gasteiger partial charge >= 0.3 is 0 Å². The van der Waals surface area contributed by atoms with Gasteiger partial charge in [-0.1, -0.05) is 0 Å². The van der Waals surface area contributed by atoms with Gasteiger partial charge in [0, 0.05) is 18.8 Å². The summed E-state index contributed by atoms with van der Waals surface area (Å²) < 4.78 is 11.2. The molecule has 0 radical (unpaired) electrons. The van der Waals surface area contributed by atoms with E-state index in [0.717, 1.165) is 13.1 Å². The van der Waals surface area contributed by atoms with Crippen molar-refractivity contribution in [2.75, 3.05) is 25.1 Å². The predicted molar refractivity (Wildman–Crippen MR) is 78.4 cm³/mol. The van der Waals surface area contributed by atoms with Crippen molar-refractivity contribution in [3.05, 3.63) is 34.7 Å². The maximum Gasteiger partial charge on any atom is 0.228 e. The second-order valence-corrected chi connectivity index (χ2v) is 5.58. The molecule has 0 aromatic carbocycles. The van der Waals surface area contributed by atoms with Crippen molar-refractivity contribution in [1.82, 2.24) is 9.97 Å². The van der Waals surface area contributed by atoms with Crippen LogP contribution >= 0.6 is 11.3 Å². The van der Waals surface area contributed by atoms with E-state index in [1.807, 2.05) is 0 Å². The second kappa shape index (κ2) is 5.76. The highest BCUT2D eigenvalue weighted by atomic mass is 32.1. The average molecular weight is 291 g/mol. The number of rotatable bonds is 3. The Kier molecular flexibility index (Phi) is 3.84. The van der Waals surface area contributed by atoms with Crippen LogP contribution in [0, 0.1) is 0 Å². The summed E-state index contributed by atoms with van der Waals surface area (Å²) in [5.41, 5.74) is 1.22. The molecule has 1 aliphatic rings. The first-order chi connectivity index (χ1) is 9.76. The summed E-state index contributed by atoms with van der Waals surface area (Å²) in [5, 5.41) is 4.21. The molecule has 6 heteroatoms. The molecular formula is C14H17N3O2S. The number of ether oxygens (including phenoxy) is 2. The number of hydrogen-bond donors (Lipinski definition) is 0. The minimum absolute atomic E-state index is 0.0693. The molecule has 0 amide bonds. The molecule has 1 fully saturated rings. The molecule has 0 unspecified atom stereocenters. The Morgan fingerprint density at radius 1 is 1.40 bits per heavy atom. The Morgan fingerprint density at radius 2 is 2.30 bits per heavy atom. The van der Waals surface area contributed by atoms with Crippen LogP contribution in [0.5, 0.6) is 5.88 Å². The summed E-state index contributed by atoms with van der Waals surface area (Å²) in [6.07, 6.45) is 1.93. The van der Waals surface area contributed by atoms with E-state index in [-0.39, 0.29) is 12.2 Å². The van der Waals surface area contributed by atoms with Gasteiger partial charge in [-0.15, -0.1) is 0 Å². The van der Waals surface area contributed by atoms with E-state index in [1.54, 1.807) is 30.7 Å². The van der Waals surface area contributed by atoms with Crippen LogP contribution in [0.1, 0.15) is 18.6 Å². The summed E-state index contributed by atoms with van der Waals surface area (Å²) in [4.78, 5) is 10.9. The molecule has 1 saturated heterocycles. The first kappa shape index (κ1) is 13.3. The highest BCUT2D eigenvalue weighted by Gasteiger charge is 2.28. The molecule has 0 spiro atoms. The number of thiophene rings is 1. The normalized spacial score (nSPS) is 22.8. The minimum atomic E-state index is 0.0693. The van der Waals surface area contributed by atoms with Crippen LogP contribution in [-0.4, -0.2) is 36.3 Å². The van der Waals surface area contributed by atoms with E-state index in [4.69, 9.17) is 9.47 Å². The number of morpholine rings is 1. The molecule has 3 rings (SSSR count). The lowest BCUT2D eigenvalue weighted by atomic mass is 10.1. The number of nitrogens with zero attached hydrogens (tertiary/aromatic N) is 3. The fourth-order valence-electron chi connectivity index (χ4n) is 2.36. The first-order valence-corrected chi connectivity index (χ1v) is 7.50. The first-order valence-electron chi connectivity index (χ1n) is 6.56. The van der Waals surface area contributed by atoms with Crippen LogP contribution in [0.15, 0.2) is 29.1 Å². The lowest BCUT2D eigenvalue weighted by Gasteiger charge is -2.36. The third kappa shape index (κ3) is 2.76. The van der Waals surface area contributed by atoms with Crippen LogP contribution in [0.4, 0.5) is 5.95 Å². The van der Waals surface area contributed by atoms with E-state index in [0.29, 0.717) is 11.8 Å². The zero-order chi connectivity index (χ0) is 13.9. The van der Waals surface area contributed by atoms with Gasteiger partial charge in [0.15, 0.2) is 0 Å². The van der Waals surface area contributed by atoms with Gasteiger partial charge < -0.3 is 14.4 Å². The summed E-state index contributed by atoms with van der Waals surface area (Å²) in [6, 6.07) is 3.86. The van der Waals surface area contributed by atoms with Gasteiger partial charge in [-0.25, -0.2) is 4.98 Å². The quantitative estimate of drug-likeness (QED) is 0.869.